The Kier molecular flexibility index (Phi) is 7.57. The highest BCUT2D eigenvalue weighted by Crippen LogP contribution is 1.91. The van der Waals surface area contributed by atoms with Gasteiger partial charge in [-0.2, -0.15) is 0 Å². The Morgan fingerprint density at radius 1 is 1.50 bits per heavy atom. The molecule has 5 nitrogen and oxygen atoms in total. The van der Waals surface area contributed by atoms with Gasteiger partial charge in [-0.15, -0.1) is 6.58 Å². The molecule has 16 heavy (non-hydrogen) atoms. The highest BCUT2D eigenvalue weighted by atomic mass is 16.4. The van der Waals surface area contributed by atoms with Crippen LogP contribution in [0.25, 0.3) is 0 Å². The predicted octanol–water partition coefficient (Wildman–Crippen LogP) is 1.23. The van der Waals surface area contributed by atoms with Crippen molar-refractivity contribution >= 4 is 12.0 Å². The molecule has 0 saturated heterocycles. The van der Waals surface area contributed by atoms with E-state index in [1.165, 1.54) is 11.0 Å². The van der Waals surface area contributed by atoms with E-state index in [0.29, 0.717) is 6.54 Å². The highest BCUT2D eigenvalue weighted by molar-refractivity contribution is 5.80. The van der Waals surface area contributed by atoms with Gasteiger partial charge in [-0.3, -0.25) is 4.79 Å². The monoisotopic (exact) mass is 226 g/mol. The Bertz CT molecular complexity index is 274. The number of nitrogens with one attached hydrogen (secondary N) is 1. The van der Waals surface area contributed by atoms with Gasteiger partial charge in [0.05, 0.1) is 0 Å². The summed E-state index contributed by atoms with van der Waals surface area (Å²) in [4.78, 5) is 23.2. The lowest BCUT2D eigenvalue weighted by Crippen LogP contribution is -2.43. The maximum atomic E-state index is 11.5. The van der Waals surface area contributed by atoms with Crippen molar-refractivity contribution in [1.29, 1.82) is 0 Å². The molecule has 0 saturated carbocycles. The fourth-order valence-corrected chi connectivity index (χ4v) is 1.08. The van der Waals surface area contributed by atoms with Crippen LogP contribution >= 0.6 is 0 Å². The Morgan fingerprint density at radius 2 is 2.19 bits per heavy atom. The summed E-state index contributed by atoms with van der Waals surface area (Å²) in [6.07, 6.45) is 6.05. The number of nitrogens with zero attached hydrogens (tertiary/aromatic N) is 1. The molecular formula is C11H18N2O3. The van der Waals surface area contributed by atoms with E-state index in [9.17, 15) is 9.59 Å². The van der Waals surface area contributed by atoms with E-state index in [1.54, 1.807) is 0 Å². The van der Waals surface area contributed by atoms with E-state index in [2.05, 4.69) is 11.9 Å². The first-order valence-electron chi connectivity index (χ1n) is 5.08. The van der Waals surface area contributed by atoms with Gasteiger partial charge in [-0.1, -0.05) is 18.2 Å². The number of urea groups is 1. The van der Waals surface area contributed by atoms with E-state index in [-0.39, 0.29) is 19.1 Å². The van der Waals surface area contributed by atoms with Crippen LogP contribution in [0, 0.1) is 0 Å². The molecular weight excluding hydrogens is 208 g/mol. The van der Waals surface area contributed by atoms with Crippen LogP contribution in [0.4, 0.5) is 4.79 Å². The minimum atomic E-state index is -1.04. The summed E-state index contributed by atoms with van der Waals surface area (Å²) in [6.45, 7) is 5.78. The van der Waals surface area contributed by atoms with Crippen LogP contribution in [0.5, 0.6) is 0 Å². The molecule has 0 spiro atoms. The first-order chi connectivity index (χ1) is 7.61. The van der Waals surface area contributed by atoms with Crippen LogP contribution in [0.3, 0.4) is 0 Å². The second kappa shape index (κ2) is 8.52. The molecule has 0 radical (unpaired) electrons. The molecule has 2 N–H and O–H groups in total. The van der Waals surface area contributed by atoms with Crippen molar-refractivity contribution in [3.63, 3.8) is 0 Å². The highest BCUT2D eigenvalue weighted by Gasteiger charge is 2.13. The second-order valence-electron chi connectivity index (χ2n) is 3.15. The summed E-state index contributed by atoms with van der Waals surface area (Å²) in [5.41, 5.74) is 0. The largest absolute Gasteiger partial charge is 0.480 e. The quantitative estimate of drug-likeness (QED) is 0.507. The number of carbonyl (C=O) groups excluding carboxylic acids is 1. The minimum Gasteiger partial charge on any atom is -0.480 e. The zero-order chi connectivity index (χ0) is 12.4. The summed E-state index contributed by atoms with van der Waals surface area (Å²) >= 11 is 0. The van der Waals surface area contributed by atoms with Crippen LogP contribution in [-0.4, -0.2) is 41.6 Å². The smallest absolute Gasteiger partial charge is 0.323 e. The SMILES string of the molecule is C=CCN(CC(=O)O)C(=O)NCC/C=C/C. The predicted molar refractivity (Wildman–Crippen MR) is 62.2 cm³/mol. The van der Waals surface area contributed by atoms with Gasteiger partial charge < -0.3 is 15.3 Å². The third-order valence-corrected chi connectivity index (χ3v) is 1.79. The molecule has 0 fully saturated rings. The topological polar surface area (TPSA) is 69.6 Å². The fourth-order valence-electron chi connectivity index (χ4n) is 1.08. The lowest BCUT2D eigenvalue weighted by molar-refractivity contribution is -0.137. The van der Waals surface area contributed by atoms with Gasteiger partial charge in [0.25, 0.3) is 0 Å². The first-order valence-corrected chi connectivity index (χ1v) is 5.08. The van der Waals surface area contributed by atoms with E-state index in [1.807, 2.05) is 19.1 Å². The van der Waals surface area contributed by atoms with Crippen molar-refractivity contribution in [1.82, 2.24) is 10.2 Å². The fraction of sp³-hybridized carbons (Fsp3) is 0.455. The molecule has 0 heterocycles. The standard InChI is InChI=1S/C11H18N2O3/c1-3-5-6-7-12-11(16)13(8-4-2)9-10(14)15/h3-5H,2,6-9H2,1H3,(H,12,16)(H,14,15)/b5-3+. The van der Waals surface area contributed by atoms with Crippen molar-refractivity contribution in [3.8, 4) is 0 Å². The number of allylic oxidation sites excluding steroid dienone is 1. The zero-order valence-corrected chi connectivity index (χ0v) is 9.48. The first kappa shape index (κ1) is 14.2. The van der Waals surface area contributed by atoms with E-state index in [0.717, 1.165) is 6.42 Å². The van der Waals surface area contributed by atoms with Crippen LogP contribution in [0.15, 0.2) is 24.8 Å². The lowest BCUT2D eigenvalue weighted by Gasteiger charge is -2.19. The molecule has 0 rings (SSSR count). The number of aliphatic carboxylic acids is 1. The Morgan fingerprint density at radius 3 is 2.69 bits per heavy atom. The van der Waals surface area contributed by atoms with Crippen LogP contribution < -0.4 is 5.32 Å². The maximum absolute atomic E-state index is 11.5. The molecule has 0 unspecified atom stereocenters. The van der Waals surface area contributed by atoms with E-state index in [4.69, 9.17) is 5.11 Å². The van der Waals surface area contributed by atoms with Crippen LogP contribution in [0.1, 0.15) is 13.3 Å². The van der Waals surface area contributed by atoms with Crippen LogP contribution in [-0.2, 0) is 4.79 Å². The van der Waals surface area contributed by atoms with Gasteiger partial charge in [-0.25, -0.2) is 4.79 Å². The number of hydrogen-bond acceptors (Lipinski definition) is 2. The molecule has 0 aliphatic carbocycles. The molecule has 0 aromatic rings. The third kappa shape index (κ3) is 6.64. The molecule has 2 amide bonds. The number of hydrogen-bond donors (Lipinski definition) is 2. The molecule has 0 aliphatic rings. The van der Waals surface area contributed by atoms with Gasteiger partial charge >= 0.3 is 12.0 Å². The van der Waals surface area contributed by atoms with Gasteiger partial charge in [0.15, 0.2) is 0 Å². The number of carbonyl (C=O) groups is 2. The van der Waals surface area contributed by atoms with Gasteiger partial charge in [0.2, 0.25) is 0 Å². The van der Waals surface area contributed by atoms with Crippen molar-refractivity contribution < 1.29 is 14.7 Å². The lowest BCUT2D eigenvalue weighted by atomic mass is 10.4. The van der Waals surface area contributed by atoms with Crippen molar-refractivity contribution in [3.05, 3.63) is 24.8 Å². The summed E-state index contributed by atoms with van der Waals surface area (Å²) in [6, 6.07) is -0.383. The molecule has 90 valence electrons. The van der Waals surface area contributed by atoms with Crippen molar-refractivity contribution in [2.75, 3.05) is 19.6 Å². The van der Waals surface area contributed by atoms with Gasteiger partial charge in [0, 0.05) is 13.1 Å². The number of carboxylic acid groups (broad SMARTS) is 1. The molecule has 0 aromatic carbocycles. The molecule has 0 aliphatic heterocycles. The summed E-state index contributed by atoms with van der Waals surface area (Å²) in [7, 11) is 0. The van der Waals surface area contributed by atoms with Crippen molar-refractivity contribution in [2.45, 2.75) is 13.3 Å². The van der Waals surface area contributed by atoms with Crippen molar-refractivity contribution in [2.24, 2.45) is 0 Å². The number of rotatable bonds is 7. The maximum Gasteiger partial charge on any atom is 0.323 e. The van der Waals surface area contributed by atoms with Gasteiger partial charge in [0.1, 0.15) is 6.54 Å². The average Bonchev–Trinajstić information content (AvgIpc) is 2.23. The third-order valence-electron chi connectivity index (χ3n) is 1.79. The molecule has 0 aromatic heterocycles. The van der Waals surface area contributed by atoms with Gasteiger partial charge in [-0.05, 0) is 13.3 Å². The zero-order valence-electron chi connectivity index (χ0n) is 9.48. The minimum absolute atomic E-state index is 0.224. The summed E-state index contributed by atoms with van der Waals surface area (Å²) < 4.78 is 0. The molecule has 5 heteroatoms. The van der Waals surface area contributed by atoms with E-state index >= 15 is 0 Å². The van der Waals surface area contributed by atoms with E-state index < -0.39 is 5.97 Å². The Labute approximate surface area is 95.4 Å². The summed E-state index contributed by atoms with van der Waals surface area (Å²) in [5, 5.41) is 11.2. The van der Waals surface area contributed by atoms with Crippen LogP contribution in [0.2, 0.25) is 0 Å². The molecule has 0 bridgehead atoms. The Balaban J connectivity index is 4.05. The number of amides is 2. The Hall–Kier alpha value is -1.78. The second-order valence-corrected chi connectivity index (χ2v) is 3.15. The average molecular weight is 226 g/mol. The number of carboxylic acids is 1. The molecule has 0 atom stereocenters. The normalized spacial score (nSPS) is 10.1. The summed E-state index contributed by atoms with van der Waals surface area (Å²) in [5.74, 6) is -1.04.